The molecule has 25 heavy (non-hydrogen) atoms. The Morgan fingerprint density at radius 3 is 2.92 bits per heavy atom. The Hall–Kier alpha value is -1.19. The van der Waals surface area contributed by atoms with E-state index in [1.54, 1.807) is 12.1 Å². The Morgan fingerprint density at radius 2 is 2.24 bits per heavy atom. The van der Waals surface area contributed by atoms with Crippen LogP contribution in [0.5, 0.6) is 0 Å². The van der Waals surface area contributed by atoms with Crippen LogP contribution in [-0.4, -0.2) is 58.0 Å². The van der Waals surface area contributed by atoms with E-state index in [1.807, 2.05) is 0 Å². The van der Waals surface area contributed by atoms with Crippen LogP contribution in [0.2, 0.25) is 0 Å². The summed E-state index contributed by atoms with van der Waals surface area (Å²) in [5.74, 6) is -0.162. The van der Waals surface area contributed by atoms with E-state index < -0.39 is 15.8 Å². The lowest BCUT2D eigenvalue weighted by Gasteiger charge is -2.36. The molecule has 0 spiro atoms. The van der Waals surface area contributed by atoms with E-state index in [0.29, 0.717) is 23.4 Å². The van der Waals surface area contributed by atoms with E-state index in [0.717, 1.165) is 18.8 Å². The van der Waals surface area contributed by atoms with E-state index >= 15 is 0 Å². The molecule has 0 radical (unpaired) electrons. The average Bonchev–Trinajstić information content (AvgIpc) is 2.58. The maximum absolute atomic E-state index is 12.3. The predicted octanol–water partition coefficient (Wildman–Crippen LogP) is 1.94. The fourth-order valence-corrected chi connectivity index (χ4v) is 4.50. The number of carbonyl (C=O) groups is 1. The van der Waals surface area contributed by atoms with Crippen molar-refractivity contribution in [1.29, 1.82) is 0 Å². The molecular weight excluding hydrogens is 412 g/mol. The number of halogens is 1. The van der Waals surface area contributed by atoms with Crippen LogP contribution >= 0.6 is 15.9 Å². The molecule has 1 aliphatic rings. The number of carbonyl (C=O) groups excluding carboxylic acids is 1. The number of hydrogen-bond acceptors (Lipinski definition) is 7. The molecule has 2 rings (SSSR count). The van der Waals surface area contributed by atoms with Gasteiger partial charge in [0.15, 0.2) is 9.84 Å². The molecule has 9 heteroatoms. The SMILES string of the molecule is CCC1COCCN1c1cc(CS(=O)(=O)CCC(=O)OC)cc(Br)n1. The van der Waals surface area contributed by atoms with E-state index in [9.17, 15) is 13.2 Å². The third kappa shape index (κ3) is 5.93. The van der Waals surface area contributed by atoms with E-state index in [2.05, 4.69) is 37.5 Å². The quantitative estimate of drug-likeness (QED) is 0.478. The molecule has 0 amide bonds. The van der Waals surface area contributed by atoms with Crippen molar-refractivity contribution in [3.8, 4) is 0 Å². The molecule has 2 heterocycles. The zero-order valence-electron chi connectivity index (χ0n) is 14.4. The largest absolute Gasteiger partial charge is 0.469 e. The van der Waals surface area contributed by atoms with Gasteiger partial charge in [0.1, 0.15) is 10.4 Å². The minimum Gasteiger partial charge on any atom is -0.469 e. The van der Waals surface area contributed by atoms with E-state index in [4.69, 9.17) is 4.74 Å². The normalized spacial score (nSPS) is 18.2. The summed E-state index contributed by atoms with van der Waals surface area (Å²) in [4.78, 5) is 17.8. The Bertz CT molecular complexity index is 710. The van der Waals surface area contributed by atoms with Gasteiger partial charge in [-0.05, 0) is 40.0 Å². The number of sulfone groups is 1. The monoisotopic (exact) mass is 434 g/mol. The standard InChI is InChI=1S/C16H23BrN2O5S/c1-3-13-10-24-6-5-19(13)15-9-12(8-14(17)18-15)11-25(21,22)7-4-16(20)23-2/h8-9,13H,3-7,10-11H2,1-2H3. The number of anilines is 1. The van der Waals surface area contributed by atoms with Crippen LogP contribution in [0.15, 0.2) is 16.7 Å². The lowest BCUT2D eigenvalue weighted by atomic mass is 10.1. The summed E-state index contributed by atoms with van der Waals surface area (Å²) in [7, 11) is -2.17. The minimum absolute atomic E-state index is 0.140. The van der Waals surface area contributed by atoms with Gasteiger partial charge in [-0.3, -0.25) is 4.79 Å². The topological polar surface area (TPSA) is 85.8 Å². The summed E-state index contributed by atoms with van der Waals surface area (Å²) < 4.78 is 35.1. The number of methoxy groups -OCH3 is 1. The van der Waals surface area contributed by atoms with Crippen LogP contribution in [0.25, 0.3) is 0 Å². The zero-order chi connectivity index (χ0) is 18.4. The molecule has 0 aliphatic carbocycles. The second kappa shape index (κ2) is 8.95. The van der Waals surface area contributed by atoms with Gasteiger partial charge >= 0.3 is 5.97 Å². The van der Waals surface area contributed by atoms with Crippen molar-refractivity contribution in [3.05, 3.63) is 22.3 Å². The maximum atomic E-state index is 12.3. The molecule has 0 saturated carbocycles. The molecule has 0 aromatic carbocycles. The highest BCUT2D eigenvalue weighted by atomic mass is 79.9. The molecular formula is C16H23BrN2O5S. The zero-order valence-corrected chi connectivity index (χ0v) is 16.8. The van der Waals surface area contributed by atoms with Gasteiger partial charge in [0, 0.05) is 6.54 Å². The maximum Gasteiger partial charge on any atom is 0.306 e. The second-order valence-corrected chi connectivity index (χ2v) is 8.90. The van der Waals surface area contributed by atoms with E-state index in [-0.39, 0.29) is 24.0 Å². The third-order valence-corrected chi connectivity index (χ3v) is 6.07. The average molecular weight is 435 g/mol. The van der Waals surface area contributed by atoms with Crippen LogP contribution in [0, 0.1) is 0 Å². The number of ether oxygens (including phenoxy) is 2. The second-order valence-electron chi connectivity index (χ2n) is 5.90. The Kier molecular flexibility index (Phi) is 7.21. The van der Waals surface area contributed by atoms with Crippen molar-refractivity contribution in [2.45, 2.75) is 31.6 Å². The molecule has 1 aromatic rings. The summed E-state index contributed by atoms with van der Waals surface area (Å²) in [6.07, 6.45) is 0.778. The van der Waals surface area contributed by atoms with Gasteiger partial charge < -0.3 is 14.4 Å². The summed E-state index contributed by atoms with van der Waals surface area (Å²) in [5, 5.41) is 0. The van der Waals surface area contributed by atoms with Crippen LogP contribution in [0.4, 0.5) is 5.82 Å². The molecule has 1 unspecified atom stereocenters. The van der Waals surface area contributed by atoms with Gasteiger partial charge in [-0.25, -0.2) is 13.4 Å². The molecule has 1 atom stereocenters. The smallest absolute Gasteiger partial charge is 0.306 e. The fourth-order valence-electron chi connectivity index (χ4n) is 2.73. The van der Waals surface area contributed by atoms with Crippen molar-refractivity contribution >= 4 is 37.6 Å². The summed E-state index contributed by atoms with van der Waals surface area (Å²) in [6.45, 7) is 4.06. The molecule has 1 aromatic heterocycles. The van der Waals surface area contributed by atoms with Crippen LogP contribution in [0.3, 0.4) is 0 Å². The van der Waals surface area contributed by atoms with Crippen molar-refractivity contribution in [3.63, 3.8) is 0 Å². The lowest BCUT2D eigenvalue weighted by molar-refractivity contribution is -0.140. The minimum atomic E-state index is -3.42. The molecule has 140 valence electrons. The molecule has 1 fully saturated rings. The molecule has 1 saturated heterocycles. The van der Waals surface area contributed by atoms with Crippen molar-refractivity contribution in [2.75, 3.05) is 37.5 Å². The Labute approximate surface area is 156 Å². The summed E-state index contributed by atoms with van der Waals surface area (Å²) in [6, 6.07) is 3.72. The van der Waals surface area contributed by atoms with Crippen LogP contribution < -0.4 is 4.90 Å². The Balaban J connectivity index is 2.16. The highest BCUT2D eigenvalue weighted by Crippen LogP contribution is 2.24. The van der Waals surface area contributed by atoms with E-state index in [1.165, 1.54) is 7.11 Å². The molecule has 7 nitrogen and oxygen atoms in total. The first kappa shape index (κ1) is 20.1. The number of esters is 1. The summed E-state index contributed by atoms with van der Waals surface area (Å²) >= 11 is 3.36. The number of hydrogen-bond donors (Lipinski definition) is 0. The summed E-state index contributed by atoms with van der Waals surface area (Å²) in [5.41, 5.74) is 0.642. The third-order valence-electron chi connectivity index (χ3n) is 4.06. The first-order valence-corrected chi connectivity index (χ1v) is 10.7. The predicted molar refractivity (Wildman–Crippen MR) is 98.3 cm³/mol. The number of aromatic nitrogens is 1. The van der Waals surface area contributed by atoms with Gasteiger partial charge in [-0.2, -0.15) is 0 Å². The lowest BCUT2D eigenvalue weighted by Crippen LogP contribution is -2.45. The molecule has 0 N–H and O–H groups in total. The number of pyridine rings is 1. The molecule has 1 aliphatic heterocycles. The van der Waals surface area contributed by atoms with Crippen molar-refractivity contribution < 1.29 is 22.7 Å². The van der Waals surface area contributed by atoms with Gasteiger partial charge in [-0.15, -0.1) is 0 Å². The number of nitrogens with zero attached hydrogens (tertiary/aromatic N) is 2. The van der Waals surface area contributed by atoms with Gasteiger partial charge in [0.25, 0.3) is 0 Å². The Morgan fingerprint density at radius 1 is 1.48 bits per heavy atom. The molecule has 0 bridgehead atoms. The first-order valence-electron chi connectivity index (χ1n) is 8.12. The van der Waals surface area contributed by atoms with Gasteiger partial charge in [-0.1, -0.05) is 6.92 Å². The van der Waals surface area contributed by atoms with Gasteiger partial charge in [0.2, 0.25) is 0 Å². The van der Waals surface area contributed by atoms with Crippen LogP contribution in [0.1, 0.15) is 25.3 Å². The number of morpholine rings is 1. The highest BCUT2D eigenvalue weighted by molar-refractivity contribution is 9.10. The van der Waals surface area contributed by atoms with Crippen molar-refractivity contribution in [2.24, 2.45) is 0 Å². The highest BCUT2D eigenvalue weighted by Gasteiger charge is 2.24. The van der Waals surface area contributed by atoms with Crippen molar-refractivity contribution in [1.82, 2.24) is 4.98 Å². The van der Waals surface area contributed by atoms with Crippen LogP contribution in [-0.2, 0) is 29.9 Å². The first-order chi connectivity index (χ1) is 11.8. The van der Waals surface area contributed by atoms with Gasteiger partial charge in [0.05, 0.1) is 44.3 Å². The number of rotatable bonds is 7. The fraction of sp³-hybridized carbons (Fsp3) is 0.625.